The first-order valence-corrected chi connectivity index (χ1v) is 6.12. The summed E-state index contributed by atoms with van der Waals surface area (Å²) in [7, 11) is 0. The van der Waals surface area contributed by atoms with Crippen molar-refractivity contribution in [3.8, 4) is 0 Å². The number of allylic oxidation sites excluding steroid dienone is 7. The summed E-state index contributed by atoms with van der Waals surface area (Å²) in [5, 5.41) is 0. The molecule has 0 aromatic carbocycles. The summed E-state index contributed by atoms with van der Waals surface area (Å²) < 4.78 is 0. The molecule has 0 saturated heterocycles. The largest absolute Gasteiger partial charge is 0.0733 e. The van der Waals surface area contributed by atoms with Crippen LogP contribution in [0.4, 0.5) is 0 Å². The second-order valence-corrected chi connectivity index (χ2v) is 4.76. The van der Waals surface area contributed by atoms with E-state index in [1.54, 1.807) is 6.08 Å². The Bertz CT molecular complexity index is 274. The highest BCUT2D eigenvalue weighted by Crippen LogP contribution is 2.11. The van der Waals surface area contributed by atoms with Gasteiger partial charge in [-0.3, -0.25) is 0 Å². The summed E-state index contributed by atoms with van der Waals surface area (Å²) in [4.78, 5) is 0. The maximum atomic E-state index is 5.30. The molecule has 0 bridgehead atoms. The number of hydrogen-bond donors (Lipinski definition) is 0. The van der Waals surface area contributed by atoms with E-state index in [4.69, 9.17) is 6.58 Å². The van der Waals surface area contributed by atoms with Crippen molar-refractivity contribution in [2.45, 2.75) is 47.0 Å². The van der Waals surface area contributed by atoms with Crippen LogP contribution >= 0.6 is 0 Å². The summed E-state index contributed by atoms with van der Waals surface area (Å²) in [5.41, 5.74) is 2.62. The van der Waals surface area contributed by atoms with Gasteiger partial charge < -0.3 is 0 Å². The molecule has 0 heteroatoms. The Hall–Kier alpha value is -1.04. The molecule has 1 radical (unpaired) electrons. The summed E-state index contributed by atoms with van der Waals surface area (Å²) in [5.74, 6) is 0.814. The molecule has 89 valence electrons. The molecule has 0 rings (SSSR count). The van der Waals surface area contributed by atoms with E-state index in [-0.39, 0.29) is 0 Å². The zero-order valence-electron chi connectivity index (χ0n) is 11.2. The molecule has 0 aliphatic heterocycles. The van der Waals surface area contributed by atoms with E-state index in [9.17, 15) is 0 Å². The molecule has 0 unspecified atom stereocenters. The molecule has 0 aliphatic carbocycles. The first kappa shape index (κ1) is 15.0. The van der Waals surface area contributed by atoms with Crippen molar-refractivity contribution >= 4 is 0 Å². The van der Waals surface area contributed by atoms with Gasteiger partial charge in [-0.15, -0.1) is 0 Å². The van der Waals surface area contributed by atoms with E-state index in [2.05, 4.69) is 39.0 Å². The van der Waals surface area contributed by atoms with Gasteiger partial charge in [-0.1, -0.05) is 68.4 Å². The Labute approximate surface area is 101 Å². The van der Waals surface area contributed by atoms with Crippen LogP contribution in [-0.4, -0.2) is 0 Å². The van der Waals surface area contributed by atoms with E-state index in [1.807, 2.05) is 13.0 Å². The SMILES string of the molecule is [CH]=CC=C(C)C=CC=C(C)CCCC(C)C. The Morgan fingerprint density at radius 2 is 1.88 bits per heavy atom. The van der Waals surface area contributed by atoms with Gasteiger partial charge in [0.2, 0.25) is 0 Å². The third kappa shape index (κ3) is 9.51. The van der Waals surface area contributed by atoms with Crippen molar-refractivity contribution in [2.24, 2.45) is 5.92 Å². The lowest BCUT2D eigenvalue weighted by atomic mass is 10.0. The van der Waals surface area contributed by atoms with Crippen LogP contribution in [-0.2, 0) is 0 Å². The third-order valence-corrected chi connectivity index (χ3v) is 2.45. The van der Waals surface area contributed by atoms with Gasteiger partial charge in [0.15, 0.2) is 0 Å². The van der Waals surface area contributed by atoms with Crippen LogP contribution in [0, 0.1) is 12.5 Å². The quantitative estimate of drug-likeness (QED) is 0.511. The Morgan fingerprint density at radius 1 is 1.19 bits per heavy atom. The second kappa shape index (κ2) is 9.21. The van der Waals surface area contributed by atoms with Gasteiger partial charge in [0.25, 0.3) is 0 Å². The van der Waals surface area contributed by atoms with Gasteiger partial charge in [-0.25, -0.2) is 0 Å². The lowest BCUT2D eigenvalue weighted by Crippen LogP contribution is -1.87. The predicted molar refractivity (Wildman–Crippen MR) is 74.2 cm³/mol. The Kier molecular flexibility index (Phi) is 8.61. The monoisotopic (exact) mass is 217 g/mol. The maximum Gasteiger partial charge on any atom is -0.0320 e. The van der Waals surface area contributed by atoms with Crippen molar-refractivity contribution in [1.29, 1.82) is 0 Å². The molecule has 0 amide bonds. The van der Waals surface area contributed by atoms with Crippen LogP contribution in [0.3, 0.4) is 0 Å². The van der Waals surface area contributed by atoms with Crippen molar-refractivity contribution < 1.29 is 0 Å². The third-order valence-electron chi connectivity index (χ3n) is 2.45. The molecular weight excluding hydrogens is 192 g/mol. The van der Waals surface area contributed by atoms with Crippen molar-refractivity contribution in [3.63, 3.8) is 0 Å². The molecule has 0 aromatic rings. The zero-order chi connectivity index (χ0) is 12.4. The smallest absolute Gasteiger partial charge is 0.0320 e. The van der Waals surface area contributed by atoms with E-state index in [0.29, 0.717) is 0 Å². The van der Waals surface area contributed by atoms with E-state index in [1.165, 1.54) is 30.4 Å². The predicted octanol–water partition coefficient (Wildman–Crippen LogP) is 5.25. The van der Waals surface area contributed by atoms with Crippen LogP contribution in [0.2, 0.25) is 0 Å². The van der Waals surface area contributed by atoms with Crippen LogP contribution in [0.1, 0.15) is 47.0 Å². The topological polar surface area (TPSA) is 0 Å². The van der Waals surface area contributed by atoms with Gasteiger partial charge in [-0.2, -0.15) is 0 Å². The fourth-order valence-corrected chi connectivity index (χ4v) is 1.44. The van der Waals surface area contributed by atoms with E-state index in [0.717, 1.165) is 5.92 Å². The van der Waals surface area contributed by atoms with Crippen molar-refractivity contribution in [2.75, 3.05) is 0 Å². The Morgan fingerprint density at radius 3 is 2.44 bits per heavy atom. The Balaban J connectivity index is 3.94. The van der Waals surface area contributed by atoms with Gasteiger partial charge in [-0.05, 0) is 32.6 Å². The molecule has 0 atom stereocenters. The molecule has 0 heterocycles. The highest BCUT2D eigenvalue weighted by atomic mass is 14.0. The average Bonchev–Trinajstić information content (AvgIpc) is 2.17. The molecule has 0 fully saturated rings. The molecule has 0 nitrogen and oxygen atoms in total. The van der Waals surface area contributed by atoms with Crippen LogP contribution in [0.25, 0.3) is 0 Å². The zero-order valence-corrected chi connectivity index (χ0v) is 11.2. The van der Waals surface area contributed by atoms with Gasteiger partial charge >= 0.3 is 0 Å². The minimum Gasteiger partial charge on any atom is -0.0733 e. The number of rotatable bonds is 7. The molecule has 0 aromatic heterocycles. The van der Waals surface area contributed by atoms with Crippen LogP contribution < -0.4 is 0 Å². The molecule has 0 N–H and O–H groups in total. The first-order valence-electron chi connectivity index (χ1n) is 6.12. The highest BCUT2D eigenvalue weighted by Gasteiger charge is 1.94. The first-order chi connectivity index (χ1) is 7.56. The second-order valence-electron chi connectivity index (χ2n) is 4.76. The molecule has 0 aliphatic rings. The normalized spacial score (nSPS) is 13.8. The van der Waals surface area contributed by atoms with Gasteiger partial charge in [0.1, 0.15) is 0 Å². The molecule has 16 heavy (non-hydrogen) atoms. The standard InChI is InChI=1S/C16H25/c1-6-9-15(4)12-8-13-16(5)11-7-10-14(2)3/h1,6,8-9,12-14H,7,10-11H2,2-5H3. The minimum absolute atomic E-state index is 0.814. The van der Waals surface area contributed by atoms with Crippen molar-refractivity contribution in [1.82, 2.24) is 0 Å². The van der Waals surface area contributed by atoms with Crippen LogP contribution in [0.5, 0.6) is 0 Å². The summed E-state index contributed by atoms with van der Waals surface area (Å²) >= 11 is 0. The average molecular weight is 217 g/mol. The molecular formula is C16H25. The fourth-order valence-electron chi connectivity index (χ4n) is 1.44. The maximum absolute atomic E-state index is 5.30. The van der Waals surface area contributed by atoms with E-state index >= 15 is 0 Å². The van der Waals surface area contributed by atoms with Crippen molar-refractivity contribution in [3.05, 3.63) is 48.1 Å². The summed E-state index contributed by atoms with van der Waals surface area (Å²) in [6.45, 7) is 14.1. The van der Waals surface area contributed by atoms with Gasteiger partial charge in [0, 0.05) is 0 Å². The number of hydrogen-bond acceptors (Lipinski definition) is 0. The summed E-state index contributed by atoms with van der Waals surface area (Å²) in [6, 6.07) is 0. The molecule has 0 saturated carbocycles. The van der Waals surface area contributed by atoms with Crippen LogP contribution in [0.15, 0.2) is 41.5 Å². The summed E-state index contributed by atoms with van der Waals surface area (Å²) in [6.07, 6.45) is 13.6. The lowest BCUT2D eigenvalue weighted by molar-refractivity contribution is 0.555. The lowest BCUT2D eigenvalue weighted by Gasteiger charge is -2.03. The molecule has 0 spiro atoms. The van der Waals surface area contributed by atoms with Gasteiger partial charge in [0.05, 0.1) is 0 Å². The van der Waals surface area contributed by atoms with E-state index < -0.39 is 0 Å². The fraction of sp³-hybridized carbons (Fsp3) is 0.500. The highest BCUT2D eigenvalue weighted by molar-refractivity contribution is 5.24. The minimum atomic E-state index is 0.814.